The van der Waals surface area contributed by atoms with Crippen molar-refractivity contribution in [3.63, 3.8) is 0 Å². The van der Waals surface area contributed by atoms with Crippen molar-refractivity contribution < 1.29 is 8.42 Å². The normalized spacial score (nSPS) is 13.8. The molecule has 98 valence electrons. The zero-order valence-electron chi connectivity index (χ0n) is 10.1. The van der Waals surface area contributed by atoms with Gasteiger partial charge in [0, 0.05) is 17.3 Å². The fourth-order valence-electron chi connectivity index (χ4n) is 1.46. The first-order chi connectivity index (χ1) is 7.99. The van der Waals surface area contributed by atoms with Crippen LogP contribution < -0.4 is 4.72 Å². The lowest BCUT2D eigenvalue weighted by atomic mass is 10.0. The molecular formula is C11H18ClNO2S2. The maximum absolute atomic E-state index is 11.9. The van der Waals surface area contributed by atoms with Crippen LogP contribution in [0.15, 0.2) is 16.3 Å². The minimum atomic E-state index is -3.34. The molecule has 1 aromatic rings. The highest BCUT2D eigenvalue weighted by Crippen LogP contribution is 2.20. The monoisotopic (exact) mass is 295 g/mol. The van der Waals surface area contributed by atoms with Crippen LogP contribution in [0, 0.1) is 12.8 Å². The SMILES string of the molecule is CCC(CCCl)CNS(=O)(=O)c1ccc(C)s1. The molecule has 1 rings (SSSR count). The summed E-state index contributed by atoms with van der Waals surface area (Å²) in [5.41, 5.74) is 0. The predicted molar refractivity (Wildman–Crippen MR) is 73.4 cm³/mol. The topological polar surface area (TPSA) is 46.2 Å². The minimum Gasteiger partial charge on any atom is -0.210 e. The highest BCUT2D eigenvalue weighted by Gasteiger charge is 2.17. The van der Waals surface area contributed by atoms with E-state index in [9.17, 15) is 8.42 Å². The molecule has 0 aliphatic carbocycles. The molecule has 1 heterocycles. The molecule has 1 N–H and O–H groups in total. The van der Waals surface area contributed by atoms with Crippen molar-refractivity contribution in [2.75, 3.05) is 12.4 Å². The fourth-order valence-corrected chi connectivity index (χ4v) is 4.21. The molecule has 0 saturated heterocycles. The average Bonchev–Trinajstić information content (AvgIpc) is 2.72. The maximum atomic E-state index is 11.9. The highest BCUT2D eigenvalue weighted by atomic mass is 35.5. The number of hydrogen-bond acceptors (Lipinski definition) is 3. The Balaban J connectivity index is 2.61. The summed E-state index contributed by atoms with van der Waals surface area (Å²) in [6, 6.07) is 3.46. The van der Waals surface area contributed by atoms with Crippen molar-refractivity contribution in [2.24, 2.45) is 5.92 Å². The van der Waals surface area contributed by atoms with Crippen molar-refractivity contribution in [3.8, 4) is 0 Å². The Morgan fingerprint density at radius 3 is 2.65 bits per heavy atom. The van der Waals surface area contributed by atoms with Crippen LogP contribution in [-0.2, 0) is 10.0 Å². The molecule has 1 unspecified atom stereocenters. The molecule has 1 atom stereocenters. The van der Waals surface area contributed by atoms with Gasteiger partial charge in [-0.1, -0.05) is 13.3 Å². The highest BCUT2D eigenvalue weighted by molar-refractivity contribution is 7.91. The van der Waals surface area contributed by atoms with Crippen molar-refractivity contribution in [2.45, 2.75) is 30.9 Å². The molecule has 0 amide bonds. The van der Waals surface area contributed by atoms with Gasteiger partial charge in [0.1, 0.15) is 4.21 Å². The zero-order chi connectivity index (χ0) is 12.9. The van der Waals surface area contributed by atoms with E-state index < -0.39 is 10.0 Å². The number of nitrogens with one attached hydrogen (secondary N) is 1. The van der Waals surface area contributed by atoms with E-state index in [0.717, 1.165) is 17.7 Å². The van der Waals surface area contributed by atoms with Crippen molar-refractivity contribution in [3.05, 3.63) is 17.0 Å². The van der Waals surface area contributed by atoms with Gasteiger partial charge in [0.2, 0.25) is 10.0 Å². The Kier molecular flexibility index (Phi) is 5.92. The lowest BCUT2D eigenvalue weighted by molar-refractivity contribution is 0.481. The standard InChI is InChI=1S/C11H18ClNO2S2/c1-3-10(6-7-12)8-13-17(14,15)11-5-4-9(2)16-11/h4-5,10,13H,3,6-8H2,1-2H3. The van der Waals surface area contributed by atoms with E-state index >= 15 is 0 Å². The molecule has 0 aliphatic rings. The molecule has 0 radical (unpaired) electrons. The molecule has 0 aliphatic heterocycles. The summed E-state index contributed by atoms with van der Waals surface area (Å²) in [5.74, 6) is 0.876. The quantitative estimate of drug-likeness (QED) is 0.786. The number of sulfonamides is 1. The van der Waals surface area contributed by atoms with Crippen LogP contribution in [-0.4, -0.2) is 20.8 Å². The van der Waals surface area contributed by atoms with Gasteiger partial charge in [-0.25, -0.2) is 13.1 Å². The van der Waals surface area contributed by atoms with E-state index in [1.165, 1.54) is 11.3 Å². The molecule has 0 spiro atoms. The van der Waals surface area contributed by atoms with E-state index in [-0.39, 0.29) is 0 Å². The summed E-state index contributed by atoms with van der Waals surface area (Å²) in [6.07, 6.45) is 1.77. The van der Waals surface area contributed by atoms with Crippen molar-refractivity contribution in [1.29, 1.82) is 0 Å². The molecule has 3 nitrogen and oxygen atoms in total. The molecule has 0 bridgehead atoms. The molecular weight excluding hydrogens is 278 g/mol. The molecule has 17 heavy (non-hydrogen) atoms. The van der Waals surface area contributed by atoms with Gasteiger partial charge in [0.05, 0.1) is 0 Å². The number of thiophene rings is 1. The number of rotatable bonds is 7. The predicted octanol–water partition coefficient (Wildman–Crippen LogP) is 2.99. The van der Waals surface area contributed by atoms with E-state index in [1.807, 2.05) is 19.9 Å². The van der Waals surface area contributed by atoms with Gasteiger partial charge in [-0.05, 0) is 31.4 Å². The summed E-state index contributed by atoms with van der Waals surface area (Å²) in [4.78, 5) is 0.998. The van der Waals surface area contributed by atoms with Gasteiger partial charge in [0.15, 0.2) is 0 Å². The smallest absolute Gasteiger partial charge is 0.210 e. The Labute approximate surface area is 112 Å². The lowest BCUT2D eigenvalue weighted by Gasteiger charge is -2.13. The van der Waals surface area contributed by atoms with Crippen LogP contribution in [0.25, 0.3) is 0 Å². The third kappa shape index (κ3) is 4.58. The second-order valence-corrected chi connectivity index (χ2v) is 7.63. The second kappa shape index (κ2) is 6.73. The molecule has 1 aromatic heterocycles. The number of hydrogen-bond donors (Lipinski definition) is 1. The van der Waals surface area contributed by atoms with Crippen LogP contribution in [0.2, 0.25) is 0 Å². The molecule has 0 fully saturated rings. The van der Waals surface area contributed by atoms with Gasteiger partial charge >= 0.3 is 0 Å². The van der Waals surface area contributed by atoms with Crippen LogP contribution in [0.1, 0.15) is 24.6 Å². The maximum Gasteiger partial charge on any atom is 0.250 e. The Bertz CT molecular complexity index is 442. The van der Waals surface area contributed by atoms with Crippen molar-refractivity contribution in [1.82, 2.24) is 4.72 Å². The fraction of sp³-hybridized carbons (Fsp3) is 0.636. The number of alkyl halides is 1. The summed E-state index contributed by atoms with van der Waals surface area (Å²) in [5, 5.41) is 0. The number of aryl methyl sites for hydroxylation is 1. The van der Waals surface area contributed by atoms with E-state index in [0.29, 0.717) is 22.6 Å². The van der Waals surface area contributed by atoms with Gasteiger partial charge in [-0.15, -0.1) is 22.9 Å². The largest absolute Gasteiger partial charge is 0.250 e. The van der Waals surface area contributed by atoms with E-state index in [1.54, 1.807) is 6.07 Å². The first-order valence-electron chi connectivity index (χ1n) is 5.61. The lowest BCUT2D eigenvalue weighted by Crippen LogP contribution is -2.29. The molecule has 0 aromatic carbocycles. The van der Waals surface area contributed by atoms with E-state index in [4.69, 9.17) is 11.6 Å². The summed E-state index contributed by atoms with van der Waals surface area (Å²) >= 11 is 6.96. The average molecular weight is 296 g/mol. The van der Waals surface area contributed by atoms with Crippen LogP contribution >= 0.6 is 22.9 Å². The number of halogens is 1. The first-order valence-corrected chi connectivity index (χ1v) is 8.45. The van der Waals surface area contributed by atoms with E-state index in [2.05, 4.69) is 4.72 Å². The summed E-state index contributed by atoms with van der Waals surface area (Å²) in [6.45, 7) is 4.40. The Hall–Kier alpha value is -0.100. The molecule has 0 saturated carbocycles. The minimum absolute atomic E-state index is 0.309. The van der Waals surface area contributed by atoms with Gasteiger partial charge in [-0.2, -0.15) is 0 Å². The van der Waals surface area contributed by atoms with Gasteiger partial charge < -0.3 is 0 Å². The second-order valence-electron chi connectivity index (χ2n) is 3.97. The Morgan fingerprint density at radius 2 is 2.18 bits per heavy atom. The summed E-state index contributed by atoms with van der Waals surface area (Å²) in [7, 11) is -3.34. The van der Waals surface area contributed by atoms with Crippen LogP contribution in [0.5, 0.6) is 0 Å². The van der Waals surface area contributed by atoms with Gasteiger partial charge in [0.25, 0.3) is 0 Å². The molecule has 6 heteroatoms. The van der Waals surface area contributed by atoms with Crippen LogP contribution in [0.4, 0.5) is 0 Å². The first kappa shape index (κ1) is 15.0. The zero-order valence-corrected chi connectivity index (χ0v) is 12.5. The third-order valence-corrected chi connectivity index (χ3v) is 5.77. The van der Waals surface area contributed by atoms with Gasteiger partial charge in [-0.3, -0.25) is 0 Å². The summed E-state index contributed by atoms with van der Waals surface area (Å²) < 4.78 is 26.9. The van der Waals surface area contributed by atoms with Crippen molar-refractivity contribution >= 4 is 33.0 Å². The van der Waals surface area contributed by atoms with Crippen LogP contribution in [0.3, 0.4) is 0 Å². The Morgan fingerprint density at radius 1 is 1.47 bits per heavy atom. The third-order valence-electron chi connectivity index (χ3n) is 2.64.